The highest BCUT2D eigenvalue weighted by Gasteiger charge is 2.23. The van der Waals surface area contributed by atoms with Gasteiger partial charge in [-0.2, -0.15) is 4.98 Å². The van der Waals surface area contributed by atoms with Gasteiger partial charge < -0.3 is 25.2 Å². The fourth-order valence-corrected chi connectivity index (χ4v) is 5.22. The molecule has 0 radical (unpaired) electrons. The van der Waals surface area contributed by atoms with Gasteiger partial charge in [0.05, 0.1) is 34.8 Å². The number of methoxy groups -OCH3 is 1. The lowest BCUT2D eigenvalue weighted by Crippen LogP contribution is -2.44. The van der Waals surface area contributed by atoms with Crippen LogP contribution in [0.2, 0.25) is 5.02 Å². The summed E-state index contributed by atoms with van der Waals surface area (Å²) in [6.07, 6.45) is 1.46. The number of halogens is 1. The summed E-state index contributed by atoms with van der Waals surface area (Å²) in [5.74, 6) is 1.23. The summed E-state index contributed by atoms with van der Waals surface area (Å²) in [7, 11) is 0.236. The largest absolute Gasteiger partial charge is 0.494 e. The fourth-order valence-electron chi connectivity index (χ4n) is 3.88. The van der Waals surface area contributed by atoms with Crippen LogP contribution in [0.5, 0.6) is 5.75 Å². The van der Waals surface area contributed by atoms with E-state index < -0.39 is 15.1 Å². The summed E-state index contributed by atoms with van der Waals surface area (Å²) in [6.45, 7) is 7.23. The first kappa shape index (κ1) is 26.0. The normalized spacial score (nSPS) is 14.7. The number of para-hydroxylation sites is 1. The van der Waals surface area contributed by atoms with Crippen LogP contribution in [-0.4, -0.2) is 68.9 Å². The number of hydrogen-bond acceptors (Lipinski definition) is 9. The Morgan fingerprint density at radius 3 is 2.44 bits per heavy atom. The molecule has 0 saturated carbocycles. The highest BCUT2D eigenvalue weighted by atomic mass is 35.5. The van der Waals surface area contributed by atoms with Gasteiger partial charge in [-0.05, 0) is 45.2 Å². The summed E-state index contributed by atoms with van der Waals surface area (Å²) in [4.78, 5) is 13.6. The van der Waals surface area contributed by atoms with Gasteiger partial charge in [0, 0.05) is 37.9 Å². The molecule has 192 valence electrons. The molecule has 1 saturated heterocycles. The third-order valence-corrected chi connectivity index (χ3v) is 8.60. The van der Waals surface area contributed by atoms with E-state index in [1.165, 1.54) is 6.20 Å². The van der Waals surface area contributed by atoms with Crippen molar-refractivity contribution < 1.29 is 13.2 Å². The monoisotopic (exact) mass is 530 g/mol. The van der Waals surface area contributed by atoms with E-state index in [-0.39, 0.29) is 21.7 Å². The molecule has 2 heterocycles. The van der Waals surface area contributed by atoms with Crippen molar-refractivity contribution in [3.05, 3.63) is 53.7 Å². The Morgan fingerprint density at radius 1 is 1.03 bits per heavy atom. The van der Waals surface area contributed by atoms with Crippen LogP contribution in [0.15, 0.2) is 53.6 Å². The maximum atomic E-state index is 12.8. The summed E-state index contributed by atoms with van der Waals surface area (Å²) in [5, 5.41) is 5.94. The van der Waals surface area contributed by atoms with Crippen molar-refractivity contribution in [1.29, 1.82) is 0 Å². The Balaban J connectivity index is 1.58. The smallest absolute Gasteiger partial charge is 0.229 e. The molecule has 1 aliphatic heterocycles. The van der Waals surface area contributed by atoms with Gasteiger partial charge >= 0.3 is 0 Å². The Hall–Kier alpha value is -3.08. The van der Waals surface area contributed by atoms with Crippen LogP contribution in [0, 0.1) is 0 Å². The highest BCUT2D eigenvalue weighted by molar-refractivity contribution is 7.92. The van der Waals surface area contributed by atoms with E-state index >= 15 is 0 Å². The van der Waals surface area contributed by atoms with Gasteiger partial charge in [-0.25, -0.2) is 13.4 Å². The van der Waals surface area contributed by atoms with Crippen LogP contribution in [0.1, 0.15) is 13.8 Å². The number of piperazine rings is 1. The van der Waals surface area contributed by atoms with Gasteiger partial charge in [0.2, 0.25) is 5.95 Å². The third-order valence-electron chi connectivity index (χ3n) is 6.11. The van der Waals surface area contributed by atoms with Crippen molar-refractivity contribution in [2.75, 3.05) is 55.9 Å². The number of nitrogens with one attached hydrogen (secondary N) is 2. The Kier molecular flexibility index (Phi) is 7.87. The number of likely N-dealkylation sites (N-methyl/N-ethyl adjacent to an activating group) is 1. The van der Waals surface area contributed by atoms with Gasteiger partial charge in [0.15, 0.2) is 15.7 Å². The number of aromatic nitrogens is 2. The van der Waals surface area contributed by atoms with Crippen LogP contribution in [0.3, 0.4) is 0 Å². The second kappa shape index (κ2) is 10.9. The molecule has 0 atom stereocenters. The van der Waals surface area contributed by atoms with Crippen molar-refractivity contribution in [2.45, 2.75) is 24.0 Å². The van der Waals surface area contributed by atoms with E-state index in [1.807, 2.05) is 18.2 Å². The molecule has 1 aliphatic rings. The number of benzene rings is 2. The lowest BCUT2D eigenvalue weighted by Gasteiger charge is -2.34. The summed E-state index contributed by atoms with van der Waals surface area (Å²) >= 11 is 6.36. The lowest BCUT2D eigenvalue weighted by molar-refractivity contribution is 0.312. The Labute approximate surface area is 217 Å². The molecule has 0 spiro atoms. The van der Waals surface area contributed by atoms with Gasteiger partial charge in [0.25, 0.3) is 0 Å². The van der Waals surface area contributed by atoms with Crippen LogP contribution < -0.4 is 20.3 Å². The van der Waals surface area contributed by atoms with Gasteiger partial charge in [-0.1, -0.05) is 23.7 Å². The summed E-state index contributed by atoms with van der Waals surface area (Å²) < 4.78 is 31.3. The summed E-state index contributed by atoms with van der Waals surface area (Å²) in [6, 6.07) is 12.7. The number of hydrogen-bond donors (Lipinski definition) is 2. The molecule has 3 aromatic rings. The average molecular weight is 531 g/mol. The minimum absolute atomic E-state index is 0.186. The summed E-state index contributed by atoms with van der Waals surface area (Å²) in [5.41, 5.74) is 2.19. The lowest BCUT2D eigenvalue weighted by atomic mass is 10.2. The van der Waals surface area contributed by atoms with E-state index in [9.17, 15) is 8.42 Å². The molecule has 2 N–H and O–H groups in total. The molecule has 9 nitrogen and oxygen atoms in total. The van der Waals surface area contributed by atoms with Gasteiger partial charge in [-0.3, -0.25) is 0 Å². The maximum absolute atomic E-state index is 12.8. The van der Waals surface area contributed by atoms with Crippen LogP contribution in [0.25, 0.3) is 0 Å². The molecule has 0 bridgehead atoms. The first-order valence-corrected chi connectivity index (χ1v) is 13.6. The number of rotatable bonds is 8. The fraction of sp³-hybridized carbons (Fsp3) is 0.360. The topological polar surface area (TPSA) is 99.7 Å². The van der Waals surface area contributed by atoms with E-state index in [0.29, 0.717) is 17.1 Å². The number of ether oxygens (including phenoxy) is 1. The zero-order chi connectivity index (χ0) is 25.9. The van der Waals surface area contributed by atoms with Crippen LogP contribution in [0.4, 0.5) is 28.8 Å². The number of nitrogens with zero attached hydrogens (tertiary/aromatic N) is 4. The molecule has 0 aliphatic carbocycles. The molecule has 4 rings (SSSR count). The quantitative estimate of drug-likeness (QED) is 0.434. The molecule has 36 heavy (non-hydrogen) atoms. The predicted octanol–water partition coefficient (Wildman–Crippen LogP) is 4.56. The predicted molar refractivity (Wildman–Crippen MR) is 145 cm³/mol. The SMILES string of the molecule is COc1cc(N2CCN(C)CC2)ccc1Nc1ncc(Cl)c(Nc2ccccc2S(=O)(=O)C(C)C)n1. The van der Waals surface area contributed by atoms with Crippen LogP contribution in [-0.2, 0) is 9.84 Å². The Morgan fingerprint density at radius 2 is 1.75 bits per heavy atom. The molecule has 11 heteroatoms. The van der Waals surface area contributed by atoms with E-state index in [0.717, 1.165) is 31.9 Å². The molecule has 1 fully saturated rings. The number of sulfone groups is 1. The maximum Gasteiger partial charge on any atom is 0.229 e. The molecule has 2 aromatic carbocycles. The van der Waals surface area contributed by atoms with E-state index in [1.54, 1.807) is 45.2 Å². The van der Waals surface area contributed by atoms with Crippen molar-refractivity contribution in [1.82, 2.24) is 14.9 Å². The molecular formula is C25H31ClN6O3S. The van der Waals surface area contributed by atoms with Crippen molar-refractivity contribution in [3.63, 3.8) is 0 Å². The first-order valence-electron chi connectivity index (χ1n) is 11.7. The zero-order valence-corrected chi connectivity index (χ0v) is 22.4. The third kappa shape index (κ3) is 5.66. The van der Waals surface area contributed by atoms with Crippen molar-refractivity contribution >= 4 is 50.3 Å². The standard InChI is InChI=1S/C25H31ClN6O3S/c1-17(2)36(33,34)23-8-6-5-7-21(23)28-24-19(26)16-27-25(30-24)29-20-10-9-18(15-22(20)35-4)32-13-11-31(3)12-14-32/h5-10,15-17H,11-14H2,1-4H3,(H2,27,28,29,30). The average Bonchev–Trinajstić information content (AvgIpc) is 2.87. The van der Waals surface area contributed by atoms with E-state index in [4.69, 9.17) is 16.3 Å². The minimum Gasteiger partial charge on any atom is -0.494 e. The number of anilines is 5. The highest BCUT2D eigenvalue weighted by Crippen LogP contribution is 2.34. The molecular weight excluding hydrogens is 500 g/mol. The second-order valence-electron chi connectivity index (χ2n) is 8.90. The minimum atomic E-state index is -3.51. The van der Waals surface area contributed by atoms with Crippen LogP contribution >= 0.6 is 11.6 Å². The van der Waals surface area contributed by atoms with Crippen molar-refractivity contribution in [2.24, 2.45) is 0 Å². The first-order chi connectivity index (χ1) is 17.2. The Bertz CT molecular complexity index is 1330. The molecule has 1 aromatic heterocycles. The van der Waals surface area contributed by atoms with Gasteiger partial charge in [0.1, 0.15) is 10.8 Å². The second-order valence-corrected chi connectivity index (χ2v) is 11.8. The van der Waals surface area contributed by atoms with Gasteiger partial charge in [-0.15, -0.1) is 0 Å². The molecule has 0 amide bonds. The van der Waals surface area contributed by atoms with E-state index in [2.05, 4.69) is 37.4 Å². The molecule has 0 unspecified atom stereocenters. The zero-order valence-electron chi connectivity index (χ0n) is 20.8. The van der Waals surface area contributed by atoms with Crippen molar-refractivity contribution in [3.8, 4) is 5.75 Å².